The molecule has 1 aromatic carbocycles. The van der Waals surface area contributed by atoms with Gasteiger partial charge < -0.3 is 14.4 Å². The number of nitrogens with zero attached hydrogens (tertiary/aromatic N) is 2. The van der Waals surface area contributed by atoms with E-state index in [0.29, 0.717) is 25.6 Å². The number of amides is 1. The van der Waals surface area contributed by atoms with Crippen molar-refractivity contribution >= 4 is 12.0 Å². The Morgan fingerprint density at radius 3 is 2.89 bits per heavy atom. The van der Waals surface area contributed by atoms with Crippen LogP contribution in [0, 0.1) is 0 Å². The fourth-order valence-electron chi connectivity index (χ4n) is 4.14. The van der Waals surface area contributed by atoms with E-state index < -0.39 is 5.60 Å². The Kier molecular flexibility index (Phi) is 5.05. The van der Waals surface area contributed by atoms with E-state index in [0.717, 1.165) is 12.0 Å². The van der Waals surface area contributed by atoms with Gasteiger partial charge in [0.1, 0.15) is 11.7 Å². The Morgan fingerprint density at radius 1 is 1.30 bits per heavy atom. The van der Waals surface area contributed by atoms with E-state index in [-0.39, 0.29) is 12.0 Å². The van der Waals surface area contributed by atoms with Crippen molar-refractivity contribution in [1.82, 2.24) is 9.88 Å². The second-order valence-corrected chi connectivity index (χ2v) is 7.25. The van der Waals surface area contributed by atoms with Crippen LogP contribution in [-0.2, 0) is 14.3 Å². The lowest BCUT2D eigenvalue weighted by Gasteiger charge is -2.28. The van der Waals surface area contributed by atoms with E-state index in [9.17, 15) is 4.79 Å². The van der Waals surface area contributed by atoms with Crippen molar-refractivity contribution in [3.8, 4) is 0 Å². The number of hydrogen-bond donors (Lipinski definition) is 0. The van der Waals surface area contributed by atoms with Crippen LogP contribution in [0.15, 0.2) is 60.9 Å². The summed E-state index contributed by atoms with van der Waals surface area (Å²) in [4.78, 5) is 18.6. The van der Waals surface area contributed by atoms with Crippen LogP contribution >= 0.6 is 0 Å². The second-order valence-electron chi connectivity index (χ2n) is 7.25. The average Bonchev–Trinajstić information content (AvgIpc) is 3.32. The molecular formula is C22H24N2O3. The van der Waals surface area contributed by atoms with Crippen molar-refractivity contribution in [2.45, 2.75) is 24.0 Å². The van der Waals surface area contributed by atoms with Gasteiger partial charge in [0.2, 0.25) is 5.91 Å². The molecule has 2 saturated heterocycles. The normalized spacial score (nSPS) is 27.7. The summed E-state index contributed by atoms with van der Waals surface area (Å²) in [5, 5.41) is 0. The summed E-state index contributed by atoms with van der Waals surface area (Å²) >= 11 is 0. The fraction of sp³-hybridized carbons (Fsp3) is 0.364. The Balaban J connectivity index is 1.46. The molecule has 27 heavy (non-hydrogen) atoms. The quantitative estimate of drug-likeness (QED) is 0.783. The number of benzene rings is 1. The van der Waals surface area contributed by atoms with Gasteiger partial charge in [-0.3, -0.25) is 9.78 Å². The number of aromatic nitrogens is 1. The lowest BCUT2D eigenvalue weighted by Crippen LogP contribution is -2.42. The first-order valence-electron chi connectivity index (χ1n) is 9.29. The molecule has 2 aromatic rings. The maximum atomic E-state index is 12.7. The van der Waals surface area contributed by atoms with Gasteiger partial charge in [-0.05, 0) is 29.7 Å². The summed E-state index contributed by atoms with van der Waals surface area (Å²) in [5.41, 5.74) is 1.77. The number of hydrogen-bond acceptors (Lipinski definition) is 4. The molecule has 2 aliphatic heterocycles. The molecular weight excluding hydrogens is 340 g/mol. The minimum atomic E-state index is -0.424. The predicted molar refractivity (Wildman–Crippen MR) is 103 cm³/mol. The van der Waals surface area contributed by atoms with Gasteiger partial charge in [-0.1, -0.05) is 36.4 Å². The monoisotopic (exact) mass is 364 g/mol. The van der Waals surface area contributed by atoms with Crippen LogP contribution in [0.2, 0.25) is 0 Å². The van der Waals surface area contributed by atoms with Gasteiger partial charge in [-0.2, -0.15) is 0 Å². The highest BCUT2D eigenvalue weighted by atomic mass is 16.6. The highest BCUT2D eigenvalue weighted by Crippen LogP contribution is 2.43. The molecule has 0 unspecified atom stereocenters. The summed E-state index contributed by atoms with van der Waals surface area (Å²) in [6.45, 7) is 1.77. The van der Waals surface area contributed by atoms with Crippen molar-refractivity contribution < 1.29 is 14.3 Å². The van der Waals surface area contributed by atoms with Crippen LogP contribution in [-0.4, -0.2) is 54.3 Å². The van der Waals surface area contributed by atoms with Crippen LogP contribution in [0.5, 0.6) is 0 Å². The second kappa shape index (κ2) is 7.62. The van der Waals surface area contributed by atoms with Crippen LogP contribution in [0.1, 0.15) is 23.5 Å². The summed E-state index contributed by atoms with van der Waals surface area (Å²) in [5.74, 6) is 0.314. The Hall–Kier alpha value is -2.50. The number of carbonyl (C=O) groups is 1. The van der Waals surface area contributed by atoms with E-state index in [2.05, 4.69) is 29.2 Å². The molecule has 3 atom stereocenters. The molecule has 2 fully saturated rings. The topological polar surface area (TPSA) is 51.7 Å². The smallest absolute Gasteiger partial charge is 0.246 e. The van der Waals surface area contributed by atoms with E-state index in [4.69, 9.17) is 9.47 Å². The van der Waals surface area contributed by atoms with Crippen LogP contribution in [0.25, 0.3) is 6.08 Å². The maximum absolute atomic E-state index is 12.7. The van der Waals surface area contributed by atoms with Gasteiger partial charge in [0.15, 0.2) is 0 Å². The van der Waals surface area contributed by atoms with E-state index in [1.807, 2.05) is 23.1 Å². The molecule has 0 saturated carbocycles. The molecule has 3 heterocycles. The number of methoxy groups -OCH3 is 1. The van der Waals surface area contributed by atoms with Crippen LogP contribution < -0.4 is 0 Å². The number of pyridine rings is 1. The molecule has 0 radical (unpaired) electrons. The Bertz CT molecular complexity index is 809. The molecule has 1 aromatic heterocycles. The van der Waals surface area contributed by atoms with Gasteiger partial charge in [-0.15, -0.1) is 0 Å². The Morgan fingerprint density at radius 2 is 2.15 bits per heavy atom. The summed E-state index contributed by atoms with van der Waals surface area (Å²) in [6.07, 6.45) is 7.61. The van der Waals surface area contributed by atoms with Crippen molar-refractivity contribution in [2.75, 3.05) is 26.8 Å². The predicted octanol–water partition coefficient (Wildman–Crippen LogP) is 2.89. The molecule has 1 spiro atoms. The van der Waals surface area contributed by atoms with Gasteiger partial charge >= 0.3 is 0 Å². The zero-order valence-corrected chi connectivity index (χ0v) is 15.5. The third-order valence-corrected chi connectivity index (χ3v) is 5.57. The molecule has 0 bridgehead atoms. The number of rotatable bonds is 4. The average molecular weight is 364 g/mol. The molecule has 5 heteroatoms. The highest BCUT2D eigenvalue weighted by molar-refractivity contribution is 5.92. The van der Waals surface area contributed by atoms with Gasteiger partial charge in [0.25, 0.3) is 0 Å². The SMILES string of the molecule is CO[C@@H]1CN(C(=O)/C=C/c2cccnc2)C[C@]12C[C@@H](c1ccccc1)CO2. The van der Waals surface area contributed by atoms with E-state index in [1.54, 1.807) is 31.7 Å². The van der Waals surface area contributed by atoms with Crippen LogP contribution in [0.3, 0.4) is 0 Å². The lowest BCUT2D eigenvalue weighted by molar-refractivity contribution is -0.126. The van der Waals surface area contributed by atoms with Crippen molar-refractivity contribution in [3.05, 3.63) is 72.1 Å². The number of ether oxygens (including phenoxy) is 2. The molecule has 140 valence electrons. The first-order valence-corrected chi connectivity index (χ1v) is 9.29. The third-order valence-electron chi connectivity index (χ3n) is 5.57. The molecule has 5 nitrogen and oxygen atoms in total. The first kappa shape index (κ1) is 17.9. The fourth-order valence-corrected chi connectivity index (χ4v) is 4.14. The van der Waals surface area contributed by atoms with E-state index >= 15 is 0 Å². The number of likely N-dealkylation sites (tertiary alicyclic amines) is 1. The molecule has 0 aliphatic carbocycles. The number of carbonyl (C=O) groups excluding carboxylic acids is 1. The van der Waals surface area contributed by atoms with Crippen molar-refractivity contribution in [3.63, 3.8) is 0 Å². The largest absolute Gasteiger partial charge is 0.377 e. The zero-order valence-electron chi connectivity index (χ0n) is 15.5. The van der Waals surface area contributed by atoms with Crippen LogP contribution in [0.4, 0.5) is 0 Å². The van der Waals surface area contributed by atoms with Gasteiger partial charge in [0.05, 0.1) is 19.7 Å². The molecule has 0 N–H and O–H groups in total. The summed E-state index contributed by atoms with van der Waals surface area (Å²) in [7, 11) is 1.70. The van der Waals surface area contributed by atoms with Gasteiger partial charge in [0, 0.05) is 31.5 Å². The van der Waals surface area contributed by atoms with E-state index in [1.165, 1.54) is 5.56 Å². The highest BCUT2D eigenvalue weighted by Gasteiger charge is 2.53. The van der Waals surface area contributed by atoms with Crippen molar-refractivity contribution in [1.29, 1.82) is 0 Å². The third kappa shape index (κ3) is 3.66. The lowest BCUT2D eigenvalue weighted by atomic mass is 9.87. The minimum Gasteiger partial charge on any atom is -0.377 e. The summed E-state index contributed by atoms with van der Waals surface area (Å²) < 4.78 is 12.0. The standard InChI is InChI=1S/C22H24N2O3/c1-26-20-14-24(21(25)10-9-17-6-5-11-23-13-17)16-22(20)12-19(15-27-22)18-7-3-2-4-8-18/h2-11,13,19-20H,12,14-16H2,1H3/b10-9+/t19-,20-,22-/m1/s1. The minimum absolute atomic E-state index is 0.0236. The Labute approximate surface area is 159 Å². The summed E-state index contributed by atoms with van der Waals surface area (Å²) in [6, 6.07) is 14.2. The van der Waals surface area contributed by atoms with Gasteiger partial charge in [-0.25, -0.2) is 0 Å². The first-order chi connectivity index (χ1) is 13.2. The zero-order chi connectivity index (χ0) is 18.7. The maximum Gasteiger partial charge on any atom is 0.246 e. The van der Waals surface area contributed by atoms with Crippen molar-refractivity contribution in [2.24, 2.45) is 0 Å². The molecule has 4 rings (SSSR count). The molecule has 1 amide bonds. The molecule has 2 aliphatic rings.